The maximum atomic E-state index is 11.6. The van der Waals surface area contributed by atoms with Gasteiger partial charge in [0, 0.05) is 25.8 Å². The molecule has 0 aromatic carbocycles. The van der Waals surface area contributed by atoms with Crippen LogP contribution in [0, 0.1) is 0 Å². The number of hydrogen-bond donors (Lipinski definition) is 3. The van der Waals surface area contributed by atoms with Crippen LogP contribution in [0.1, 0.15) is 10.4 Å². The van der Waals surface area contributed by atoms with Gasteiger partial charge >= 0.3 is 7.12 Å². The van der Waals surface area contributed by atoms with Crippen molar-refractivity contribution >= 4 is 24.3 Å². The maximum absolute atomic E-state index is 11.6. The molecule has 15 heavy (non-hydrogen) atoms. The van der Waals surface area contributed by atoms with Crippen molar-refractivity contribution in [2.45, 2.75) is 0 Å². The Labute approximate surface area is 87.5 Å². The van der Waals surface area contributed by atoms with E-state index in [-0.39, 0.29) is 22.8 Å². The molecule has 80 valence electrons. The highest BCUT2D eigenvalue weighted by Crippen LogP contribution is 2.07. The third-order valence-corrected chi connectivity index (χ3v) is 1.87. The van der Waals surface area contributed by atoms with Crippen LogP contribution >= 0.6 is 0 Å². The molecule has 0 saturated carbocycles. The average Bonchev–Trinajstić information content (AvgIpc) is 2.16. The number of aromatic nitrogens is 1. The summed E-state index contributed by atoms with van der Waals surface area (Å²) in [4.78, 5) is 16.6. The first-order chi connectivity index (χ1) is 6.93. The molecule has 0 unspecified atom stereocenters. The molecule has 0 spiro atoms. The molecule has 0 bridgehead atoms. The number of pyridine rings is 1. The third-order valence-electron chi connectivity index (χ3n) is 1.87. The standard InChI is InChI=1S/C8H12BN3O3/c1-12(2)8(13)6-3-5(9(14)15)4-11-7(6)10/h3-4,14-15H,1-2H3,(H2,10,11). The zero-order valence-electron chi connectivity index (χ0n) is 8.51. The Morgan fingerprint density at radius 1 is 1.53 bits per heavy atom. The number of carbonyl (C=O) groups excluding carboxylic acids is 1. The van der Waals surface area contributed by atoms with Crippen molar-refractivity contribution in [1.29, 1.82) is 0 Å². The number of hydrogen-bond acceptors (Lipinski definition) is 5. The summed E-state index contributed by atoms with van der Waals surface area (Å²) in [5.74, 6) is -0.263. The molecule has 0 atom stereocenters. The van der Waals surface area contributed by atoms with E-state index in [1.807, 2.05) is 0 Å². The molecule has 7 heteroatoms. The second kappa shape index (κ2) is 4.29. The lowest BCUT2D eigenvalue weighted by Crippen LogP contribution is -2.33. The molecule has 0 aliphatic rings. The van der Waals surface area contributed by atoms with Gasteiger partial charge < -0.3 is 20.7 Å². The molecule has 6 nitrogen and oxygen atoms in total. The van der Waals surface area contributed by atoms with Crippen molar-refractivity contribution in [2.24, 2.45) is 0 Å². The molecule has 0 radical (unpaired) electrons. The Kier molecular flexibility index (Phi) is 3.28. The van der Waals surface area contributed by atoms with E-state index in [9.17, 15) is 4.79 Å². The van der Waals surface area contributed by atoms with E-state index >= 15 is 0 Å². The van der Waals surface area contributed by atoms with Crippen molar-refractivity contribution in [1.82, 2.24) is 9.88 Å². The number of nitrogen functional groups attached to an aromatic ring is 1. The van der Waals surface area contributed by atoms with E-state index in [2.05, 4.69) is 4.98 Å². The Morgan fingerprint density at radius 2 is 2.13 bits per heavy atom. The van der Waals surface area contributed by atoms with Gasteiger partial charge in [-0.05, 0) is 6.07 Å². The Balaban J connectivity index is 3.16. The monoisotopic (exact) mass is 209 g/mol. The number of nitrogens with zero attached hydrogens (tertiary/aromatic N) is 2. The predicted octanol–water partition coefficient (Wildman–Crippen LogP) is -1.95. The largest absolute Gasteiger partial charge is 0.490 e. The van der Waals surface area contributed by atoms with Gasteiger partial charge in [-0.1, -0.05) is 0 Å². The summed E-state index contributed by atoms with van der Waals surface area (Å²) in [6, 6.07) is 1.31. The fraction of sp³-hybridized carbons (Fsp3) is 0.250. The van der Waals surface area contributed by atoms with E-state index in [0.29, 0.717) is 0 Å². The molecule has 1 amide bonds. The van der Waals surface area contributed by atoms with Crippen molar-refractivity contribution in [3.8, 4) is 0 Å². The third kappa shape index (κ3) is 2.45. The van der Waals surface area contributed by atoms with Crippen LogP contribution in [-0.4, -0.2) is 47.1 Å². The Morgan fingerprint density at radius 3 is 2.60 bits per heavy atom. The quantitative estimate of drug-likeness (QED) is 0.491. The van der Waals surface area contributed by atoms with E-state index in [0.717, 1.165) is 0 Å². The molecule has 0 fully saturated rings. The van der Waals surface area contributed by atoms with Gasteiger partial charge in [-0.3, -0.25) is 4.79 Å². The fourth-order valence-electron chi connectivity index (χ4n) is 1.04. The van der Waals surface area contributed by atoms with Crippen LogP contribution < -0.4 is 11.2 Å². The molecule has 0 aliphatic carbocycles. The summed E-state index contributed by atoms with van der Waals surface area (Å²) in [6.45, 7) is 0. The second-order valence-corrected chi connectivity index (χ2v) is 3.27. The summed E-state index contributed by atoms with van der Waals surface area (Å²) in [5, 5.41) is 17.8. The van der Waals surface area contributed by atoms with E-state index in [1.54, 1.807) is 14.1 Å². The van der Waals surface area contributed by atoms with Gasteiger partial charge in [0.1, 0.15) is 5.82 Å². The van der Waals surface area contributed by atoms with Crippen molar-refractivity contribution in [2.75, 3.05) is 19.8 Å². The van der Waals surface area contributed by atoms with E-state index in [1.165, 1.54) is 17.2 Å². The lowest BCUT2D eigenvalue weighted by Gasteiger charge is -2.12. The first-order valence-electron chi connectivity index (χ1n) is 4.26. The highest BCUT2D eigenvalue weighted by molar-refractivity contribution is 6.58. The summed E-state index contributed by atoms with van der Waals surface area (Å²) < 4.78 is 0. The van der Waals surface area contributed by atoms with E-state index in [4.69, 9.17) is 15.8 Å². The summed E-state index contributed by atoms with van der Waals surface area (Å²) >= 11 is 0. The number of nitrogens with two attached hydrogens (primary N) is 1. The van der Waals surface area contributed by atoms with Crippen LogP contribution in [0.2, 0.25) is 0 Å². The van der Waals surface area contributed by atoms with Gasteiger partial charge in [0.2, 0.25) is 0 Å². The summed E-state index contributed by atoms with van der Waals surface area (Å²) in [5.41, 5.74) is 5.80. The number of anilines is 1. The molecule has 1 heterocycles. The lowest BCUT2D eigenvalue weighted by molar-refractivity contribution is 0.0828. The van der Waals surface area contributed by atoms with Gasteiger partial charge in [-0.2, -0.15) is 0 Å². The lowest BCUT2D eigenvalue weighted by atomic mass is 9.81. The molecular weight excluding hydrogens is 197 g/mol. The van der Waals surface area contributed by atoms with Crippen LogP contribution in [0.15, 0.2) is 12.3 Å². The molecule has 1 aromatic rings. The van der Waals surface area contributed by atoms with Crippen molar-refractivity contribution < 1.29 is 14.8 Å². The molecular formula is C8H12BN3O3. The first kappa shape index (κ1) is 11.5. The number of carbonyl (C=O) groups is 1. The second-order valence-electron chi connectivity index (χ2n) is 3.27. The molecule has 4 N–H and O–H groups in total. The number of amides is 1. The van der Waals surface area contributed by atoms with Crippen LogP contribution in [-0.2, 0) is 0 Å². The minimum Gasteiger partial charge on any atom is -0.423 e. The highest BCUT2D eigenvalue weighted by Gasteiger charge is 2.18. The smallest absolute Gasteiger partial charge is 0.423 e. The minimum absolute atomic E-state index is 0.0677. The SMILES string of the molecule is CN(C)C(=O)c1cc(B(O)O)cnc1N. The van der Waals surface area contributed by atoms with Crippen LogP contribution in [0.3, 0.4) is 0 Å². The molecule has 0 saturated heterocycles. The topological polar surface area (TPSA) is 99.7 Å². The normalized spacial score (nSPS) is 9.87. The Bertz CT molecular complexity index is 381. The van der Waals surface area contributed by atoms with Gasteiger partial charge in [-0.25, -0.2) is 4.98 Å². The van der Waals surface area contributed by atoms with Crippen LogP contribution in [0.25, 0.3) is 0 Å². The molecule has 0 aliphatic heterocycles. The number of rotatable bonds is 2. The summed E-state index contributed by atoms with van der Waals surface area (Å²) in [7, 11) is 1.49. The minimum atomic E-state index is -1.66. The van der Waals surface area contributed by atoms with Gasteiger partial charge in [0.15, 0.2) is 0 Å². The summed E-state index contributed by atoms with van der Waals surface area (Å²) in [6.07, 6.45) is 1.21. The average molecular weight is 209 g/mol. The zero-order chi connectivity index (χ0) is 11.6. The van der Waals surface area contributed by atoms with E-state index < -0.39 is 7.12 Å². The first-order valence-corrected chi connectivity index (χ1v) is 4.26. The molecule has 1 aromatic heterocycles. The molecule has 1 rings (SSSR count). The van der Waals surface area contributed by atoms with Gasteiger partial charge in [0.25, 0.3) is 5.91 Å². The van der Waals surface area contributed by atoms with Gasteiger partial charge in [-0.15, -0.1) is 0 Å². The van der Waals surface area contributed by atoms with Crippen molar-refractivity contribution in [3.63, 3.8) is 0 Å². The fourth-order valence-corrected chi connectivity index (χ4v) is 1.04. The van der Waals surface area contributed by atoms with Gasteiger partial charge in [0.05, 0.1) is 5.56 Å². The highest BCUT2D eigenvalue weighted by atomic mass is 16.4. The predicted molar refractivity (Wildman–Crippen MR) is 56.5 cm³/mol. The van der Waals surface area contributed by atoms with Crippen LogP contribution in [0.5, 0.6) is 0 Å². The van der Waals surface area contributed by atoms with Crippen molar-refractivity contribution in [3.05, 3.63) is 17.8 Å². The van der Waals surface area contributed by atoms with Crippen LogP contribution in [0.4, 0.5) is 5.82 Å². The Hall–Kier alpha value is -1.60. The zero-order valence-corrected chi connectivity index (χ0v) is 8.51. The maximum Gasteiger partial charge on any atom is 0.490 e.